The van der Waals surface area contributed by atoms with Gasteiger partial charge in [0.15, 0.2) is 0 Å². The van der Waals surface area contributed by atoms with Crippen LogP contribution in [-0.4, -0.2) is 35.6 Å². The molecule has 0 radical (unpaired) electrons. The van der Waals surface area contributed by atoms with Crippen LogP contribution >= 0.6 is 12.2 Å². The fourth-order valence-electron chi connectivity index (χ4n) is 3.55. The molecule has 0 bridgehead atoms. The summed E-state index contributed by atoms with van der Waals surface area (Å²) in [5, 5.41) is 14.0. The van der Waals surface area contributed by atoms with Gasteiger partial charge in [-0.1, -0.05) is 37.2 Å². The molecule has 1 aromatic rings. The van der Waals surface area contributed by atoms with Gasteiger partial charge in [0, 0.05) is 24.0 Å². The monoisotopic (exact) mass is 379 g/mol. The van der Waals surface area contributed by atoms with Gasteiger partial charge in [-0.15, -0.1) is 0 Å². The van der Waals surface area contributed by atoms with Crippen LogP contribution < -0.4 is 11.1 Å². The Morgan fingerprint density at radius 2 is 2.00 bits per heavy atom. The van der Waals surface area contributed by atoms with Crippen LogP contribution in [0.25, 0.3) is 0 Å². The Labute approximate surface area is 158 Å². The maximum absolute atomic E-state index is 12.2. The summed E-state index contributed by atoms with van der Waals surface area (Å²) in [5.41, 5.74) is 6.44. The summed E-state index contributed by atoms with van der Waals surface area (Å²) in [5.74, 6) is -0.411. The summed E-state index contributed by atoms with van der Waals surface area (Å²) in [6.45, 7) is 0.549. The van der Waals surface area contributed by atoms with E-state index < -0.39 is 16.9 Å². The molecular weight excluding hydrogens is 354 g/mol. The minimum absolute atomic E-state index is 0.0136. The first kappa shape index (κ1) is 20.3. The number of ether oxygens (including phenoxy) is 1. The third-order valence-corrected chi connectivity index (χ3v) is 5.59. The molecule has 0 amide bonds. The number of esters is 1. The highest BCUT2D eigenvalue weighted by Gasteiger charge is 2.38. The van der Waals surface area contributed by atoms with Gasteiger partial charge >= 0.3 is 5.97 Å². The van der Waals surface area contributed by atoms with Gasteiger partial charge in [-0.05, 0) is 31.4 Å². The van der Waals surface area contributed by atoms with Crippen LogP contribution in [0, 0.1) is 15.5 Å². The van der Waals surface area contributed by atoms with E-state index in [1.54, 1.807) is 12.1 Å². The third-order valence-electron chi connectivity index (χ3n) is 5.04. The van der Waals surface area contributed by atoms with E-state index in [4.69, 9.17) is 22.7 Å². The second-order valence-corrected chi connectivity index (χ2v) is 7.11. The lowest BCUT2D eigenvalue weighted by molar-refractivity contribution is -0.384. The number of thiocarbonyl (C=S) groups is 1. The molecule has 0 unspecified atom stereocenters. The van der Waals surface area contributed by atoms with Crippen molar-refractivity contribution >= 4 is 28.9 Å². The molecule has 142 valence electrons. The molecule has 0 saturated heterocycles. The molecule has 1 aromatic carbocycles. The Morgan fingerprint density at radius 3 is 2.50 bits per heavy atom. The molecule has 1 saturated carbocycles. The molecule has 0 aromatic heterocycles. The van der Waals surface area contributed by atoms with Crippen molar-refractivity contribution in [3.63, 3.8) is 0 Å². The van der Waals surface area contributed by atoms with E-state index in [0.717, 1.165) is 37.7 Å². The highest BCUT2D eigenvalue weighted by Crippen LogP contribution is 2.41. The van der Waals surface area contributed by atoms with Crippen LogP contribution in [0.1, 0.15) is 37.7 Å². The number of nitrogens with two attached hydrogens (primary N) is 1. The van der Waals surface area contributed by atoms with E-state index in [1.165, 1.54) is 19.2 Å². The molecule has 26 heavy (non-hydrogen) atoms. The maximum Gasteiger partial charge on any atom is 0.328 e. The number of hydrogen-bond donors (Lipinski definition) is 2. The van der Waals surface area contributed by atoms with E-state index in [2.05, 4.69) is 5.32 Å². The van der Waals surface area contributed by atoms with Crippen molar-refractivity contribution in [1.29, 1.82) is 0 Å². The molecule has 8 heteroatoms. The molecule has 0 heterocycles. The third kappa shape index (κ3) is 4.76. The number of non-ortho nitro benzene ring substituents is 1. The van der Waals surface area contributed by atoms with Crippen molar-refractivity contribution in [2.24, 2.45) is 11.1 Å². The van der Waals surface area contributed by atoms with Crippen molar-refractivity contribution in [2.45, 2.75) is 44.6 Å². The molecule has 1 aliphatic rings. The molecule has 0 aliphatic heterocycles. The zero-order valence-electron chi connectivity index (χ0n) is 14.9. The Kier molecular flexibility index (Phi) is 7.05. The van der Waals surface area contributed by atoms with E-state index in [-0.39, 0.29) is 11.1 Å². The van der Waals surface area contributed by atoms with Gasteiger partial charge in [0.2, 0.25) is 0 Å². The number of carbonyl (C=O) groups excluding carboxylic acids is 1. The number of nitrogens with one attached hydrogen (secondary N) is 1. The average molecular weight is 379 g/mol. The van der Waals surface area contributed by atoms with Crippen molar-refractivity contribution in [3.8, 4) is 0 Å². The number of rotatable bonds is 8. The smallest absolute Gasteiger partial charge is 0.328 e. The van der Waals surface area contributed by atoms with E-state index in [0.29, 0.717) is 18.0 Å². The minimum Gasteiger partial charge on any atom is -0.467 e. The van der Waals surface area contributed by atoms with Crippen LogP contribution in [0.2, 0.25) is 0 Å². The minimum atomic E-state index is -0.635. The van der Waals surface area contributed by atoms with E-state index in [9.17, 15) is 14.9 Å². The van der Waals surface area contributed by atoms with E-state index in [1.807, 2.05) is 0 Å². The second-order valence-electron chi connectivity index (χ2n) is 6.70. The molecular formula is C18H25N3O4S. The van der Waals surface area contributed by atoms with Gasteiger partial charge in [0.25, 0.3) is 5.69 Å². The Hall–Kier alpha value is -2.06. The Morgan fingerprint density at radius 1 is 1.38 bits per heavy atom. The lowest BCUT2D eigenvalue weighted by Gasteiger charge is -2.32. The first-order chi connectivity index (χ1) is 12.4. The van der Waals surface area contributed by atoms with Gasteiger partial charge < -0.3 is 15.8 Å². The largest absolute Gasteiger partial charge is 0.467 e. The van der Waals surface area contributed by atoms with Crippen LogP contribution in [0.4, 0.5) is 5.69 Å². The highest BCUT2D eigenvalue weighted by molar-refractivity contribution is 7.80. The van der Waals surface area contributed by atoms with Gasteiger partial charge in [-0.3, -0.25) is 10.1 Å². The lowest BCUT2D eigenvalue weighted by atomic mass is 9.82. The van der Waals surface area contributed by atoms with Crippen LogP contribution in [0.3, 0.4) is 0 Å². The number of nitrogens with zero attached hydrogens (tertiary/aromatic N) is 1. The highest BCUT2D eigenvalue weighted by atomic mass is 32.1. The average Bonchev–Trinajstić information content (AvgIpc) is 3.11. The predicted molar refractivity (Wildman–Crippen MR) is 103 cm³/mol. The summed E-state index contributed by atoms with van der Waals surface area (Å²) in [7, 11) is 1.33. The molecule has 7 nitrogen and oxygen atoms in total. The number of methoxy groups -OCH3 is 1. The van der Waals surface area contributed by atoms with Crippen molar-refractivity contribution in [2.75, 3.05) is 13.7 Å². The number of nitro groups is 1. The molecule has 3 N–H and O–H groups in total. The van der Waals surface area contributed by atoms with Gasteiger partial charge in [-0.2, -0.15) is 0 Å². The number of benzene rings is 1. The molecule has 1 atom stereocenters. The fraction of sp³-hybridized carbons (Fsp3) is 0.556. The lowest BCUT2D eigenvalue weighted by Crippen LogP contribution is -2.48. The molecule has 0 spiro atoms. The summed E-state index contributed by atoms with van der Waals surface area (Å²) >= 11 is 5.64. The predicted octanol–water partition coefficient (Wildman–Crippen LogP) is 2.51. The summed E-state index contributed by atoms with van der Waals surface area (Å²) in [6, 6.07) is 5.50. The standard InChI is InChI=1S/C18H25N3O4S/c1-25-16(22)15(12-13-4-6-14(7-5-13)21(23)24)20-17(26)18(10-11-19)8-2-3-9-18/h4-7,15H,2-3,8-12,19H2,1H3,(H,20,26)/t15-/m0/s1. The van der Waals surface area contributed by atoms with Crippen LogP contribution in [-0.2, 0) is 16.0 Å². The fourth-order valence-corrected chi connectivity index (χ4v) is 4.00. The van der Waals surface area contributed by atoms with Crippen molar-refractivity contribution in [3.05, 3.63) is 39.9 Å². The quantitative estimate of drug-likeness (QED) is 0.309. The number of carbonyl (C=O) groups is 1. The SMILES string of the molecule is COC(=O)[C@H](Cc1ccc([N+](=O)[O-])cc1)NC(=S)C1(CCN)CCCC1. The van der Waals surface area contributed by atoms with Gasteiger partial charge in [0.1, 0.15) is 6.04 Å². The molecule has 1 fully saturated rings. The summed E-state index contributed by atoms with van der Waals surface area (Å²) < 4.78 is 4.91. The maximum atomic E-state index is 12.2. The number of nitro benzene ring substituents is 1. The summed E-state index contributed by atoms with van der Waals surface area (Å²) in [6.07, 6.45) is 5.29. The Bertz CT molecular complexity index is 657. The zero-order chi connectivity index (χ0) is 19.2. The van der Waals surface area contributed by atoms with Gasteiger partial charge in [-0.25, -0.2) is 4.79 Å². The van der Waals surface area contributed by atoms with Crippen molar-refractivity contribution < 1.29 is 14.5 Å². The Balaban J connectivity index is 2.13. The summed E-state index contributed by atoms with van der Waals surface area (Å²) in [4.78, 5) is 23.2. The number of hydrogen-bond acceptors (Lipinski definition) is 6. The zero-order valence-corrected chi connectivity index (χ0v) is 15.7. The van der Waals surface area contributed by atoms with Crippen molar-refractivity contribution in [1.82, 2.24) is 5.32 Å². The second kappa shape index (κ2) is 9.05. The van der Waals surface area contributed by atoms with Crippen LogP contribution in [0.15, 0.2) is 24.3 Å². The molecule has 2 rings (SSSR count). The first-order valence-corrected chi connectivity index (χ1v) is 9.15. The van der Waals surface area contributed by atoms with E-state index >= 15 is 0 Å². The van der Waals surface area contributed by atoms with Crippen LogP contribution in [0.5, 0.6) is 0 Å². The van der Waals surface area contributed by atoms with Gasteiger partial charge in [0.05, 0.1) is 17.0 Å². The topological polar surface area (TPSA) is 107 Å². The molecule has 1 aliphatic carbocycles. The normalized spacial score (nSPS) is 16.7. The first-order valence-electron chi connectivity index (χ1n) is 8.74.